The van der Waals surface area contributed by atoms with Crippen molar-refractivity contribution in [2.24, 2.45) is 23.7 Å². The van der Waals surface area contributed by atoms with Gasteiger partial charge in [-0.15, -0.1) is 0 Å². The van der Waals surface area contributed by atoms with E-state index in [4.69, 9.17) is 9.84 Å². The minimum absolute atomic E-state index is 0.0123. The fourth-order valence-corrected chi connectivity index (χ4v) is 9.28. The first-order chi connectivity index (χ1) is 33.7. The second kappa shape index (κ2) is 39.4. The second-order valence-electron chi connectivity index (χ2n) is 19.7. The van der Waals surface area contributed by atoms with Gasteiger partial charge in [-0.05, 0) is 19.3 Å². The van der Waals surface area contributed by atoms with Gasteiger partial charge in [-0.1, -0.05) is 156 Å². The van der Waals surface area contributed by atoms with Crippen molar-refractivity contribution in [2.45, 2.75) is 201 Å². The summed E-state index contributed by atoms with van der Waals surface area (Å²) in [5.74, 6) is -2.65. The van der Waals surface area contributed by atoms with Crippen LogP contribution < -0.4 is 0 Å². The summed E-state index contributed by atoms with van der Waals surface area (Å²) in [7, 11) is 5.78. The van der Waals surface area contributed by atoms with Crippen LogP contribution in [0.25, 0.3) is 0 Å². The lowest BCUT2D eigenvalue weighted by Gasteiger charge is -2.15. The molecule has 0 bridgehead atoms. The molecule has 0 aromatic rings. The fourth-order valence-electron chi connectivity index (χ4n) is 9.28. The molecule has 4 unspecified atom stereocenters. The maximum Gasteiger partial charge on any atom is 0.310 e. The molecule has 0 aromatic carbocycles. The van der Waals surface area contributed by atoms with Crippen LogP contribution in [0.15, 0.2) is 0 Å². The zero-order valence-electron chi connectivity index (χ0n) is 44.8. The van der Waals surface area contributed by atoms with Gasteiger partial charge in [-0.25, -0.2) is 0 Å². The Kier molecular flexibility index (Phi) is 35.9. The average Bonchev–Trinajstić information content (AvgIpc) is 4.13. The predicted molar refractivity (Wildman–Crippen MR) is 271 cm³/mol. The monoisotopic (exact) mass is 993 g/mol. The van der Waals surface area contributed by atoms with Crippen molar-refractivity contribution in [2.75, 3.05) is 74.2 Å². The van der Waals surface area contributed by atoms with Gasteiger partial charge in [0.25, 0.3) is 0 Å². The molecule has 4 rings (SSSR count). The molecule has 0 radical (unpaired) electrons. The summed E-state index contributed by atoms with van der Waals surface area (Å²) in [6.07, 6.45) is 31.4. The number of carboxylic acid groups (broad SMARTS) is 1. The van der Waals surface area contributed by atoms with E-state index >= 15 is 0 Å². The van der Waals surface area contributed by atoms with Gasteiger partial charge in [0.2, 0.25) is 23.6 Å². The van der Waals surface area contributed by atoms with Crippen molar-refractivity contribution in [3.63, 3.8) is 0 Å². The number of aliphatic carboxylic acids is 1. The van der Waals surface area contributed by atoms with Gasteiger partial charge < -0.3 is 38.9 Å². The zero-order chi connectivity index (χ0) is 52.1. The van der Waals surface area contributed by atoms with Crippen molar-refractivity contribution in [1.29, 1.82) is 0 Å². The van der Waals surface area contributed by atoms with Gasteiger partial charge in [-0.3, -0.25) is 38.4 Å². The Hall–Kier alpha value is -4.24. The number of methoxy groups -OCH3 is 3. The van der Waals surface area contributed by atoms with Crippen LogP contribution in [-0.2, 0) is 52.6 Å². The average molecular weight is 993 g/mol. The Bertz CT molecular complexity index is 1530. The third-order valence-electron chi connectivity index (χ3n) is 13.8. The Balaban J connectivity index is 0.000000479. The predicted octanol–water partition coefficient (Wildman–Crippen LogP) is 9.00. The van der Waals surface area contributed by atoms with Crippen LogP contribution in [0, 0.1) is 23.7 Å². The molecule has 4 heterocycles. The highest BCUT2D eigenvalue weighted by atomic mass is 16.5. The molecule has 404 valence electrons. The summed E-state index contributed by atoms with van der Waals surface area (Å²) in [6.45, 7) is 10.9. The van der Waals surface area contributed by atoms with Gasteiger partial charge in [-0.2, -0.15) is 0 Å². The number of amides is 4. The minimum Gasteiger partial charge on any atom is -0.481 e. The van der Waals surface area contributed by atoms with E-state index in [1.165, 1.54) is 143 Å². The number of ether oxygens (including phenoxy) is 3. The first kappa shape index (κ1) is 63.8. The Labute approximate surface area is 422 Å². The molecule has 0 aliphatic carbocycles. The van der Waals surface area contributed by atoms with E-state index in [0.717, 1.165) is 51.7 Å². The zero-order valence-corrected chi connectivity index (χ0v) is 44.8. The van der Waals surface area contributed by atoms with E-state index in [9.17, 15) is 38.4 Å². The van der Waals surface area contributed by atoms with Gasteiger partial charge >= 0.3 is 23.9 Å². The van der Waals surface area contributed by atoms with Gasteiger partial charge in [0.15, 0.2) is 0 Å². The minimum atomic E-state index is -0.839. The molecule has 4 aliphatic rings. The number of unbranched alkanes of at least 4 members (excludes halogenated alkanes) is 21. The number of rotatable bonds is 31. The van der Waals surface area contributed by atoms with E-state index in [1.807, 2.05) is 4.90 Å². The van der Waals surface area contributed by atoms with Crippen molar-refractivity contribution in [3.8, 4) is 0 Å². The highest BCUT2D eigenvalue weighted by molar-refractivity contribution is 5.88. The summed E-state index contributed by atoms with van der Waals surface area (Å²) >= 11 is 0. The third kappa shape index (κ3) is 27.4. The van der Waals surface area contributed by atoms with Crippen LogP contribution in [0.4, 0.5) is 0 Å². The van der Waals surface area contributed by atoms with Crippen LogP contribution in [0.5, 0.6) is 0 Å². The first-order valence-electron chi connectivity index (χ1n) is 27.2. The number of carbonyl (C=O) groups excluding carboxylic acids is 7. The van der Waals surface area contributed by atoms with Crippen molar-refractivity contribution in [1.82, 2.24) is 19.6 Å². The molecule has 4 fully saturated rings. The van der Waals surface area contributed by atoms with Crippen molar-refractivity contribution < 1.29 is 57.7 Å². The number of carbonyl (C=O) groups is 8. The highest BCUT2D eigenvalue weighted by Crippen LogP contribution is 2.22. The molecule has 16 heteroatoms. The molecule has 0 aromatic heterocycles. The molecule has 0 spiro atoms. The molecule has 1 N–H and O–H groups in total. The van der Waals surface area contributed by atoms with Crippen LogP contribution in [0.3, 0.4) is 0 Å². The molecule has 4 amide bonds. The first-order valence-corrected chi connectivity index (χ1v) is 27.2. The molecule has 70 heavy (non-hydrogen) atoms. The van der Waals surface area contributed by atoms with E-state index in [1.54, 1.807) is 21.7 Å². The van der Waals surface area contributed by atoms with Crippen LogP contribution in [0.2, 0.25) is 0 Å². The summed E-state index contributed by atoms with van der Waals surface area (Å²) in [5, 5.41) is 8.92. The highest BCUT2D eigenvalue weighted by Gasteiger charge is 2.36. The largest absolute Gasteiger partial charge is 0.481 e. The number of esters is 3. The van der Waals surface area contributed by atoms with Crippen molar-refractivity contribution >= 4 is 47.5 Å². The number of carboxylic acids is 1. The lowest BCUT2D eigenvalue weighted by atomic mass is 10.1. The van der Waals surface area contributed by atoms with E-state index < -0.39 is 11.9 Å². The summed E-state index contributed by atoms with van der Waals surface area (Å²) in [6, 6.07) is 0. The van der Waals surface area contributed by atoms with Crippen LogP contribution in [0.1, 0.15) is 201 Å². The van der Waals surface area contributed by atoms with Crippen molar-refractivity contribution in [3.05, 3.63) is 0 Å². The standard InChI is InChI=1S/C18H33NO3.C17H31NO3.C12H21NO3.C7H11NO3/c1-3-4-5-6-7-8-9-10-11-12-13-19-15-16(14-17(19)20)18(21)22-2;1-2-3-4-5-6-7-8-9-10-11-12-18-14-15(17(20)21)13-16(18)19;1-3-4-5-6-7-13-9-10(8-11(13)14)12(15)16-2;1-8-4-5(3-6(8)9)7(10)11-2/h16H,3-15H2,1-2H3;15H,2-14H2,1H3,(H,20,21);10H,3-9H2,1-2H3;5H,3-4H2,1-2H3. The summed E-state index contributed by atoms with van der Waals surface area (Å²) in [5.41, 5.74) is 0. The number of nitrogens with zero attached hydrogens (tertiary/aromatic N) is 4. The Morgan fingerprint density at radius 1 is 0.400 bits per heavy atom. The second-order valence-corrected chi connectivity index (χ2v) is 19.7. The summed E-state index contributed by atoms with van der Waals surface area (Å²) in [4.78, 5) is 97.3. The lowest BCUT2D eigenvalue weighted by molar-refractivity contribution is -0.145. The Morgan fingerprint density at radius 2 is 0.643 bits per heavy atom. The quantitative estimate of drug-likeness (QED) is 0.0394. The number of likely N-dealkylation sites (tertiary alicyclic amines) is 4. The normalized spacial score (nSPS) is 19.6. The topological polar surface area (TPSA) is 197 Å². The van der Waals surface area contributed by atoms with Crippen LogP contribution >= 0.6 is 0 Å². The lowest BCUT2D eigenvalue weighted by Crippen LogP contribution is -2.27. The molecule has 4 aliphatic heterocycles. The van der Waals surface area contributed by atoms with E-state index in [0.29, 0.717) is 45.4 Å². The molecule has 16 nitrogen and oxygen atoms in total. The molecular formula is C54H96N4O12. The smallest absolute Gasteiger partial charge is 0.310 e. The summed E-state index contributed by atoms with van der Waals surface area (Å²) < 4.78 is 13.9. The molecule has 4 saturated heterocycles. The third-order valence-corrected chi connectivity index (χ3v) is 13.8. The maximum atomic E-state index is 11.8. The van der Waals surface area contributed by atoms with Gasteiger partial charge in [0, 0.05) is 78.5 Å². The van der Waals surface area contributed by atoms with E-state index in [2.05, 4.69) is 30.2 Å². The molecule has 4 atom stereocenters. The maximum absolute atomic E-state index is 11.8. The van der Waals surface area contributed by atoms with Gasteiger partial charge in [0.1, 0.15) is 0 Å². The van der Waals surface area contributed by atoms with E-state index in [-0.39, 0.29) is 65.7 Å². The van der Waals surface area contributed by atoms with Crippen LogP contribution in [-0.4, -0.2) is 146 Å². The Morgan fingerprint density at radius 3 is 0.900 bits per heavy atom. The van der Waals surface area contributed by atoms with Gasteiger partial charge in [0.05, 0.1) is 45.0 Å². The fraction of sp³-hybridized carbons (Fsp3) is 0.852. The molecular weight excluding hydrogens is 897 g/mol. The molecule has 0 saturated carbocycles. The number of hydrogen-bond donors (Lipinski definition) is 1. The SMILES string of the molecule is CCCCCCCCCCCCN1CC(C(=O)O)CC1=O.CCCCCCCCCCCCN1CC(C(=O)OC)CC1=O.CCCCCCN1CC(C(=O)OC)CC1=O.COC(=O)C1CC(=O)N(C)C1. The number of hydrogen-bond acceptors (Lipinski definition) is 11.